The molecule has 1 heterocycles. The first-order valence-electron chi connectivity index (χ1n) is 8.22. The molecular formula is C18H24N2O4S. The van der Waals surface area contributed by atoms with E-state index in [2.05, 4.69) is 10.6 Å². The maximum absolute atomic E-state index is 12.6. The summed E-state index contributed by atoms with van der Waals surface area (Å²) >= 11 is 5.25. The highest BCUT2D eigenvalue weighted by Crippen LogP contribution is 2.33. The molecule has 2 rings (SSSR count). The van der Waals surface area contributed by atoms with Gasteiger partial charge in [0.25, 0.3) is 0 Å². The molecule has 3 N–H and O–H groups in total. The van der Waals surface area contributed by atoms with Crippen molar-refractivity contribution in [1.29, 1.82) is 0 Å². The molecule has 0 amide bonds. The minimum absolute atomic E-state index is 0.0927. The number of allylic oxidation sites excluding steroid dienone is 1. The van der Waals surface area contributed by atoms with Gasteiger partial charge in [0.15, 0.2) is 5.11 Å². The second-order valence-corrected chi connectivity index (χ2v) is 6.58. The van der Waals surface area contributed by atoms with Crippen LogP contribution in [0.15, 0.2) is 35.5 Å². The van der Waals surface area contributed by atoms with Crippen LogP contribution in [0.3, 0.4) is 0 Å². The van der Waals surface area contributed by atoms with Gasteiger partial charge >= 0.3 is 5.97 Å². The van der Waals surface area contributed by atoms with Crippen molar-refractivity contribution >= 4 is 23.3 Å². The Kier molecular flexibility index (Phi) is 6.78. The van der Waals surface area contributed by atoms with Gasteiger partial charge in [0.05, 0.1) is 24.8 Å². The van der Waals surface area contributed by atoms with E-state index in [-0.39, 0.29) is 19.1 Å². The Morgan fingerprint density at radius 1 is 1.36 bits per heavy atom. The molecule has 136 valence electrons. The summed E-state index contributed by atoms with van der Waals surface area (Å²) in [6.45, 7) is 6.18. The van der Waals surface area contributed by atoms with Gasteiger partial charge in [-0.3, -0.25) is 0 Å². The van der Waals surface area contributed by atoms with Crippen molar-refractivity contribution in [2.45, 2.75) is 26.8 Å². The van der Waals surface area contributed by atoms with Crippen molar-refractivity contribution in [2.24, 2.45) is 5.92 Å². The summed E-state index contributed by atoms with van der Waals surface area (Å²) in [7, 11) is 0. The Balaban J connectivity index is 2.38. The van der Waals surface area contributed by atoms with Gasteiger partial charge in [-0.15, -0.1) is 0 Å². The molecule has 1 aliphatic rings. The van der Waals surface area contributed by atoms with Crippen LogP contribution in [0.1, 0.15) is 32.4 Å². The predicted octanol–water partition coefficient (Wildman–Crippen LogP) is 2.05. The molecule has 1 aromatic rings. The fourth-order valence-corrected chi connectivity index (χ4v) is 2.79. The number of nitrogens with one attached hydrogen (secondary N) is 2. The first-order valence-corrected chi connectivity index (χ1v) is 8.62. The quantitative estimate of drug-likeness (QED) is 0.505. The van der Waals surface area contributed by atoms with Crippen molar-refractivity contribution in [1.82, 2.24) is 10.6 Å². The molecule has 6 nitrogen and oxygen atoms in total. The summed E-state index contributed by atoms with van der Waals surface area (Å²) in [4.78, 5) is 12.6. The molecule has 7 heteroatoms. The second-order valence-electron chi connectivity index (χ2n) is 6.17. The van der Waals surface area contributed by atoms with E-state index in [4.69, 9.17) is 26.8 Å². The molecule has 0 spiro atoms. The van der Waals surface area contributed by atoms with Crippen molar-refractivity contribution in [3.05, 3.63) is 41.1 Å². The third kappa shape index (κ3) is 4.93. The Bertz CT molecular complexity index is 673. The van der Waals surface area contributed by atoms with Gasteiger partial charge in [-0.1, -0.05) is 32.0 Å². The standard InChI is InChI=1S/C18H24N2O4S/c1-11(2)10-24-17(22)15-12(3)19-18(25)20-16(15)13-6-4-5-7-14(13)23-9-8-21/h4-7,11,16,21H,8-10H2,1-3H3,(H2,19,20,25). The number of rotatable bonds is 7. The third-order valence-electron chi connectivity index (χ3n) is 3.62. The van der Waals surface area contributed by atoms with Crippen LogP contribution in [0, 0.1) is 5.92 Å². The average molecular weight is 364 g/mol. The van der Waals surface area contributed by atoms with E-state index in [1.165, 1.54) is 0 Å². The molecule has 0 saturated carbocycles. The summed E-state index contributed by atoms with van der Waals surface area (Å²) in [5, 5.41) is 15.5. The fraction of sp³-hybridized carbons (Fsp3) is 0.444. The summed E-state index contributed by atoms with van der Waals surface area (Å²) < 4.78 is 11.0. The highest BCUT2D eigenvalue weighted by molar-refractivity contribution is 7.80. The van der Waals surface area contributed by atoms with Gasteiger partial charge in [-0.25, -0.2) is 4.79 Å². The molecule has 0 fully saturated rings. The maximum atomic E-state index is 12.6. The number of esters is 1. The number of carbonyl (C=O) groups is 1. The Labute approximate surface area is 153 Å². The van der Waals surface area contributed by atoms with Crippen LogP contribution in [0.25, 0.3) is 0 Å². The van der Waals surface area contributed by atoms with Gasteiger partial charge in [-0.05, 0) is 31.1 Å². The number of aliphatic hydroxyl groups excluding tert-OH is 1. The molecule has 1 aliphatic heterocycles. The first-order chi connectivity index (χ1) is 11.9. The van der Waals surface area contributed by atoms with Gasteiger partial charge in [0.1, 0.15) is 12.4 Å². The summed E-state index contributed by atoms with van der Waals surface area (Å²) in [5.41, 5.74) is 1.88. The van der Waals surface area contributed by atoms with Crippen LogP contribution < -0.4 is 15.4 Å². The van der Waals surface area contributed by atoms with Crippen molar-refractivity contribution in [3.8, 4) is 5.75 Å². The van der Waals surface area contributed by atoms with E-state index in [1.54, 1.807) is 13.0 Å². The van der Waals surface area contributed by atoms with Gasteiger partial charge in [0, 0.05) is 11.3 Å². The van der Waals surface area contributed by atoms with Gasteiger partial charge in [0.2, 0.25) is 0 Å². The van der Waals surface area contributed by atoms with E-state index >= 15 is 0 Å². The molecule has 0 saturated heterocycles. The molecule has 0 aliphatic carbocycles. The number of ether oxygens (including phenoxy) is 2. The third-order valence-corrected chi connectivity index (χ3v) is 3.84. The average Bonchev–Trinajstić information content (AvgIpc) is 2.57. The van der Waals surface area contributed by atoms with Crippen LogP contribution in [-0.4, -0.2) is 36.0 Å². The first kappa shape index (κ1) is 19.2. The maximum Gasteiger partial charge on any atom is 0.338 e. The Hall–Kier alpha value is -2.12. The van der Waals surface area contributed by atoms with Crippen LogP contribution in [0.5, 0.6) is 5.75 Å². The monoisotopic (exact) mass is 364 g/mol. The molecule has 1 unspecified atom stereocenters. The number of hydrogen-bond donors (Lipinski definition) is 3. The SMILES string of the molecule is CC1=C(C(=O)OCC(C)C)C(c2ccccc2OCCO)NC(=S)N1. The fourth-order valence-electron chi connectivity index (χ4n) is 2.52. The lowest BCUT2D eigenvalue weighted by Gasteiger charge is -2.31. The topological polar surface area (TPSA) is 79.8 Å². The largest absolute Gasteiger partial charge is 0.491 e. The summed E-state index contributed by atoms with van der Waals surface area (Å²) in [5.74, 6) is 0.436. The minimum Gasteiger partial charge on any atom is -0.491 e. The highest BCUT2D eigenvalue weighted by Gasteiger charge is 2.32. The number of para-hydroxylation sites is 1. The van der Waals surface area contributed by atoms with Crippen LogP contribution in [-0.2, 0) is 9.53 Å². The lowest BCUT2D eigenvalue weighted by molar-refractivity contribution is -0.140. The molecule has 25 heavy (non-hydrogen) atoms. The van der Waals surface area contributed by atoms with Crippen LogP contribution in [0.2, 0.25) is 0 Å². The summed E-state index contributed by atoms with van der Waals surface area (Å²) in [6.07, 6.45) is 0. The van der Waals surface area contributed by atoms with Crippen molar-refractivity contribution < 1.29 is 19.4 Å². The zero-order chi connectivity index (χ0) is 18.4. The number of thiocarbonyl (C=S) groups is 1. The van der Waals surface area contributed by atoms with E-state index in [0.717, 1.165) is 5.56 Å². The highest BCUT2D eigenvalue weighted by atomic mass is 32.1. The van der Waals surface area contributed by atoms with Crippen molar-refractivity contribution in [2.75, 3.05) is 19.8 Å². The van der Waals surface area contributed by atoms with E-state index in [1.807, 2.05) is 32.0 Å². The lowest BCUT2D eigenvalue weighted by Crippen LogP contribution is -2.45. The zero-order valence-electron chi connectivity index (χ0n) is 14.7. The zero-order valence-corrected chi connectivity index (χ0v) is 15.5. The molecule has 0 radical (unpaired) electrons. The van der Waals surface area contributed by atoms with Gasteiger partial charge < -0.3 is 25.2 Å². The number of benzene rings is 1. The number of aliphatic hydroxyl groups is 1. The smallest absolute Gasteiger partial charge is 0.338 e. The van der Waals surface area contributed by atoms with Crippen LogP contribution >= 0.6 is 12.2 Å². The van der Waals surface area contributed by atoms with E-state index in [9.17, 15) is 4.79 Å². The Morgan fingerprint density at radius 3 is 2.76 bits per heavy atom. The second kappa shape index (κ2) is 8.82. The molecule has 0 aromatic heterocycles. The number of hydrogen-bond acceptors (Lipinski definition) is 5. The van der Waals surface area contributed by atoms with Crippen LogP contribution in [0.4, 0.5) is 0 Å². The Morgan fingerprint density at radius 2 is 2.08 bits per heavy atom. The van der Waals surface area contributed by atoms with Gasteiger partial charge in [-0.2, -0.15) is 0 Å². The predicted molar refractivity (Wildman–Crippen MR) is 99.1 cm³/mol. The molecule has 1 atom stereocenters. The molecular weight excluding hydrogens is 340 g/mol. The number of carbonyl (C=O) groups excluding carboxylic acids is 1. The van der Waals surface area contributed by atoms with E-state index < -0.39 is 12.0 Å². The molecule has 1 aromatic carbocycles. The normalized spacial score (nSPS) is 17.2. The summed E-state index contributed by atoms with van der Waals surface area (Å²) in [6, 6.07) is 6.87. The molecule has 0 bridgehead atoms. The lowest BCUT2D eigenvalue weighted by atomic mass is 9.95. The van der Waals surface area contributed by atoms with Crippen molar-refractivity contribution in [3.63, 3.8) is 0 Å². The minimum atomic E-state index is -0.483. The van der Waals surface area contributed by atoms with E-state index in [0.29, 0.717) is 28.7 Å².